The van der Waals surface area contributed by atoms with Crippen LogP contribution in [0, 0.1) is 5.92 Å². The maximum absolute atomic E-state index is 3.74. The fourth-order valence-electron chi connectivity index (χ4n) is 4.92. The third-order valence-corrected chi connectivity index (χ3v) is 8.53. The summed E-state index contributed by atoms with van der Waals surface area (Å²) < 4.78 is 0. The zero-order chi connectivity index (χ0) is 25.1. The first-order valence-corrected chi connectivity index (χ1v) is 14.2. The van der Waals surface area contributed by atoms with E-state index in [9.17, 15) is 0 Å². The summed E-state index contributed by atoms with van der Waals surface area (Å²) in [6.07, 6.45) is 3.93. The molecule has 2 N–H and O–H groups in total. The molecule has 4 rings (SSSR count). The molecule has 1 aromatic heterocycles. The number of thiophene rings is 1. The molecule has 35 heavy (non-hydrogen) atoms. The number of hydrogen-bond acceptors (Lipinski definition) is 3. The minimum atomic E-state index is 0.169. The quantitative estimate of drug-likeness (QED) is 0.328. The summed E-state index contributed by atoms with van der Waals surface area (Å²) in [4.78, 5) is 2.80. The summed E-state index contributed by atoms with van der Waals surface area (Å²) in [5, 5.41) is 7.22. The molecule has 1 aliphatic rings. The lowest BCUT2D eigenvalue weighted by Gasteiger charge is -2.22. The van der Waals surface area contributed by atoms with Gasteiger partial charge >= 0.3 is 0 Å². The highest BCUT2D eigenvalue weighted by atomic mass is 32.1. The van der Waals surface area contributed by atoms with Crippen LogP contribution in [0.25, 0.3) is 21.6 Å². The average Bonchev–Trinajstić information content (AvgIpc) is 3.26. The summed E-state index contributed by atoms with van der Waals surface area (Å²) in [6, 6.07) is 20.9. The van der Waals surface area contributed by atoms with E-state index in [0.29, 0.717) is 0 Å². The van der Waals surface area contributed by atoms with Gasteiger partial charge in [0.1, 0.15) is 0 Å². The Morgan fingerprint density at radius 3 is 1.89 bits per heavy atom. The van der Waals surface area contributed by atoms with Gasteiger partial charge in [-0.15, -0.1) is 11.3 Å². The Labute approximate surface area is 217 Å². The van der Waals surface area contributed by atoms with Crippen molar-refractivity contribution in [2.75, 3.05) is 19.6 Å². The monoisotopic (exact) mass is 488 g/mol. The van der Waals surface area contributed by atoms with Crippen LogP contribution in [0.15, 0.2) is 54.6 Å². The van der Waals surface area contributed by atoms with Crippen molar-refractivity contribution in [1.82, 2.24) is 10.6 Å². The topological polar surface area (TPSA) is 24.1 Å². The zero-order valence-corrected chi connectivity index (χ0v) is 23.4. The zero-order valence-electron chi connectivity index (χ0n) is 22.6. The minimum Gasteiger partial charge on any atom is -0.317 e. The molecule has 0 spiro atoms. The van der Waals surface area contributed by atoms with Gasteiger partial charge in [-0.25, -0.2) is 0 Å². The van der Waals surface area contributed by atoms with Gasteiger partial charge in [-0.05, 0) is 84.0 Å². The Balaban J connectivity index is 1.56. The molecule has 0 atom stereocenters. The van der Waals surface area contributed by atoms with Crippen molar-refractivity contribution in [2.24, 2.45) is 5.92 Å². The standard InChI is InChI=1S/C32H44N2S/c1-31(2,3)26-11-7-24(8-12-26)29-21-28(22-34-20-17-23-15-18-33-19-16-23)35-30(29)25-9-13-27(14-10-25)32(4,5)6/h7-14,21,23,33-34H,15-20,22H2,1-6H3. The molecule has 1 aliphatic heterocycles. The molecule has 1 fully saturated rings. The van der Waals surface area contributed by atoms with Crippen LogP contribution < -0.4 is 10.6 Å². The molecule has 0 bridgehead atoms. The molecule has 0 aliphatic carbocycles. The molecule has 3 aromatic rings. The first-order chi connectivity index (χ1) is 16.6. The first-order valence-electron chi connectivity index (χ1n) is 13.4. The molecule has 0 amide bonds. The van der Waals surface area contributed by atoms with Crippen molar-refractivity contribution in [1.29, 1.82) is 0 Å². The summed E-state index contributed by atoms with van der Waals surface area (Å²) in [5.74, 6) is 0.876. The number of piperidine rings is 1. The van der Waals surface area contributed by atoms with Gasteiger partial charge in [-0.2, -0.15) is 0 Å². The van der Waals surface area contributed by atoms with E-state index in [2.05, 4.69) is 107 Å². The van der Waals surface area contributed by atoms with Crippen LogP contribution in [0.1, 0.15) is 76.8 Å². The Bertz CT molecular complexity index is 998. The normalized spacial score (nSPS) is 15.5. The lowest BCUT2D eigenvalue weighted by atomic mass is 9.85. The number of nitrogens with one attached hydrogen (secondary N) is 2. The van der Waals surface area contributed by atoms with Crippen molar-refractivity contribution in [3.05, 3.63) is 70.6 Å². The van der Waals surface area contributed by atoms with Gasteiger partial charge in [0, 0.05) is 21.9 Å². The van der Waals surface area contributed by atoms with Gasteiger partial charge in [-0.3, -0.25) is 0 Å². The molecule has 2 heterocycles. The van der Waals surface area contributed by atoms with Gasteiger partial charge in [0.25, 0.3) is 0 Å². The van der Waals surface area contributed by atoms with Crippen LogP contribution in [0.5, 0.6) is 0 Å². The van der Waals surface area contributed by atoms with E-state index in [1.807, 2.05) is 11.3 Å². The molecule has 2 aromatic carbocycles. The van der Waals surface area contributed by atoms with Crippen molar-refractivity contribution >= 4 is 11.3 Å². The summed E-state index contributed by atoms with van der Waals surface area (Å²) in [7, 11) is 0. The largest absolute Gasteiger partial charge is 0.317 e. The molecule has 0 saturated carbocycles. The van der Waals surface area contributed by atoms with Crippen LogP contribution in [0.3, 0.4) is 0 Å². The highest BCUT2D eigenvalue weighted by Gasteiger charge is 2.18. The highest BCUT2D eigenvalue weighted by molar-refractivity contribution is 7.16. The molecule has 1 saturated heterocycles. The first kappa shape index (κ1) is 26.1. The van der Waals surface area contributed by atoms with E-state index >= 15 is 0 Å². The Kier molecular flexibility index (Phi) is 8.20. The second kappa shape index (κ2) is 11.0. The van der Waals surface area contributed by atoms with E-state index in [0.717, 1.165) is 19.0 Å². The van der Waals surface area contributed by atoms with E-state index < -0.39 is 0 Å². The second-order valence-electron chi connectivity index (χ2n) is 12.3. The van der Waals surface area contributed by atoms with Crippen molar-refractivity contribution < 1.29 is 0 Å². The summed E-state index contributed by atoms with van der Waals surface area (Å²) in [6.45, 7) is 18.1. The molecule has 2 nitrogen and oxygen atoms in total. The van der Waals surface area contributed by atoms with Crippen LogP contribution >= 0.6 is 11.3 Å². The fraction of sp³-hybridized carbons (Fsp3) is 0.500. The van der Waals surface area contributed by atoms with Gasteiger partial charge < -0.3 is 10.6 Å². The lowest BCUT2D eigenvalue weighted by Crippen LogP contribution is -2.29. The SMILES string of the molecule is CC(C)(C)c1ccc(-c2cc(CNCCC3CCNCC3)sc2-c2ccc(C(C)(C)C)cc2)cc1. The van der Waals surface area contributed by atoms with Crippen LogP contribution in [0.2, 0.25) is 0 Å². The van der Waals surface area contributed by atoms with Crippen LogP contribution in [0.4, 0.5) is 0 Å². The lowest BCUT2D eigenvalue weighted by molar-refractivity contribution is 0.348. The van der Waals surface area contributed by atoms with Gasteiger partial charge in [0.15, 0.2) is 0 Å². The summed E-state index contributed by atoms with van der Waals surface area (Å²) >= 11 is 1.94. The van der Waals surface area contributed by atoms with Crippen molar-refractivity contribution in [3.8, 4) is 21.6 Å². The van der Waals surface area contributed by atoms with Gasteiger partial charge in [0.05, 0.1) is 0 Å². The molecule has 0 radical (unpaired) electrons. The van der Waals surface area contributed by atoms with Crippen LogP contribution in [-0.4, -0.2) is 19.6 Å². The highest BCUT2D eigenvalue weighted by Crippen LogP contribution is 2.40. The van der Waals surface area contributed by atoms with Crippen molar-refractivity contribution in [3.63, 3.8) is 0 Å². The van der Waals surface area contributed by atoms with Gasteiger partial charge in [0.2, 0.25) is 0 Å². The van der Waals surface area contributed by atoms with E-state index in [-0.39, 0.29) is 10.8 Å². The van der Waals surface area contributed by atoms with Gasteiger partial charge in [-0.1, -0.05) is 90.1 Å². The third kappa shape index (κ3) is 6.84. The minimum absolute atomic E-state index is 0.169. The smallest absolute Gasteiger partial charge is 0.0424 e. The predicted molar refractivity (Wildman–Crippen MR) is 155 cm³/mol. The maximum Gasteiger partial charge on any atom is 0.0424 e. The number of rotatable bonds is 7. The van der Waals surface area contributed by atoms with Crippen LogP contribution in [-0.2, 0) is 17.4 Å². The molecular weight excluding hydrogens is 444 g/mol. The Hall–Kier alpha value is -1.94. The van der Waals surface area contributed by atoms with E-state index in [1.165, 1.54) is 69.9 Å². The Morgan fingerprint density at radius 1 is 0.800 bits per heavy atom. The van der Waals surface area contributed by atoms with Crippen molar-refractivity contribution in [2.45, 2.75) is 78.2 Å². The second-order valence-corrected chi connectivity index (χ2v) is 13.4. The Morgan fingerprint density at radius 2 is 1.34 bits per heavy atom. The third-order valence-electron chi connectivity index (χ3n) is 7.35. The molecular formula is C32H44N2S. The number of hydrogen-bond donors (Lipinski definition) is 2. The molecule has 188 valence electrons. The number of benzene rings is 2. The average molecular weight is 489 g/mol. The fourth-order valence-corrected chi connectivity index (χ4v) is 6.07. The summed E-state index contributed by atoms with van der Waals surface area (Å²) in [5.41, 5.74) is 7.09. The predicted octanol–water partition coefficient (Wildman–Crippen LogP) is 8.16. The molecule has 0 unspecified atom stereocenters. The van der Waals surface area contributed by atoms with E-state index in [4.69, 9.17) is 0 Å². The molecule has 3 heteroatoms. The van der Waals surface area contributed by atoms with E-state index in [1.54, 1.807) is 0 Å². The maximum atomic E-state index is 3.74.